The zero-order valence-corrected chi connectivity index (χ0v) is 19.8. The molecule has 1 saturated heterocycles. The van der Waals surface area contributed by atoms with E-state index in [1.165, 1.54) is 28.2 Å². The van der Waals surface area contributed by atoms with Gasteiger partial charge in [-0.2, -0.15) is 5.10 Å². The molecule has 0 bridgehead atoms. The number of likely N-dealkylation sites (tertiary alicyclic amines) is 1. The molecule has 0 radical (unpaired) electrons. The smallest absolute Gasteiger partial charge is 0.354 e. The lowest BCUT2D eigenvalue weighted by Gasteiger charge is -2.26. The molecule has 2 fully saturated rings. The zero-order valence-electron chi connectivity index (χ0n) is 18.9. The molecule has 2 aliphatic rings. The standard InChI is InChI=1S/C16H17FN4OS.C7H10N2O2/c17-10-3-1-2-8(4-10)14-13(20-16(19)23-14)15(22)21-11(7-18)5-9-6-12(9)21;1-3-9-6(7(10)11)4-5(2)8-9/h1-4,9,11-12H,5-7,18H2,(H2,19,20);4H,3H2,1-2H3,(H,10,11)/t9-,11+,12+;/m1./s1. The lowest BCUT2D eigenvalue weighted by atomic mass is 10.1. The summed E-state index contributed by atoms with van der Waals surface area (Å²) < 4.78 is 15.0. The highest BCUT2D eigenvalue weighted by atomic mass is 32.1. The molecule has 1 saturated carbocycles. The molecule has 3 aromatic rings. The number of anilines is 1. The molecule has 180 valence electrons. The van der Waals surface area contributed by atoms with Crippen molar-refractivity contribution >= 4 is 28.3 Å². The number of nitrogens with two attached hydrogens (primary N) is 2. The molecule has 2 aromatic heterocycles. The highest BCUT2D eigenvalue weighted by Gasteiger charge is 2.54. The summed E-state index contributed by atoms with van der Waals surface area (Å²) in [6.07, 6.45) is 2.00. The van der Waals surface area contributed by atoms with Crippen molar-refractivity contribution in [2.24, 2.45) is 11.7 Å². The average Bonchev–Trinajstić information content (AvgIpc) is 3.12. The summed E-state index contributed by atoms with van der Waals surface area (Å²) >= 11 is 1.21. The first-order valence-electron chi connectivity index (χ1n) is 11.1. The summed E-state index contributed by atoms with van der Waals surface area (Å²) in [6, 6.07) is 8.05. The first-order valence-corrected chi connectivity index (χ1v) is 11.9. The number of carboxylic acids is 1. The predicted molar refractivity (Wildman–Crippen MR) is 127 cm³/mol. The van der Waals surface area contributed by atoms with Crippen molar-refractivity contribution in [1.29, 1.82) is 0 Å². The van der Waals surface area contributed by atoms with Gasteiger partial charge in [-0.1, -0.05) is 23.5 Å². The van der Waals surface area contributed by atoms with Crippen LogP contribution in [0.5, 0.6) is 0 Å². The second-order valence-corrected chi connectivity index (χ2v) is 9.46. The number of halogens is 1. The minimum absolute atomic E-state index is 0.0644. The molecule has 9 nitrogen and oxygen atoms in total. The fraction of sp³-hybridized carbons (Fsp3) is 0.391. The summed E-state index contributed by atoms with van der Waals surface area (Å²) in [5, 5.41) is 12.9. The van der Waals surface area contributed by atoms with E-state index in [0.29, 0.717) is 40.3 Å². The number of aromatic nitrogens is 3. The van der Waals surface area contributed by atoms with E-state index in [9.17, 15) is 14.0 Å². The topological polar surface area (TPSA) is 140 Å². The van der Waals surface area contributed by atoms with Crippen LogP contribution in [0.25, 0.3) is 10.4 Å². The van der Waals surface area contributed by atoms with Crippen LogP contribution in [0.2, 0.25) is 0 Å². The Hall–Kier alpha value is -3.31. The quantitative estimate of drug-likeness (QED) is 0.503. The molecule has 1 aliphatic carbocycles. The second-order valence-electron chi connectivity index (χ2n) is 8.43. The average molecular weight is 487 g/mol. The van der Waals surface area contributed by atoms with Crippen LogP contribution >= 0.6 is 11.3 Å². The van der Waals surface area contributed by atoms with Crippen LogP contribution in [-0.2, 0) is 6.54 Å². The summed E-state index contributed by atoms with van der Waals surface area (Å²) in [7, 11) is 0. The van der Waals surface area contributed by atoms with Crippen molar-refractivity contribution in [3.05, 3.63) is 53.2 Å². The third kappa shape index (κ3) is 4.66. The number of carbonyl (C=O) groups excluding carboxylic acids is 1. The van der Waals surface area contributed by atoms with Gasteiger partial charge in [0, 0.05) is 25.2 Å². The molecule has 5 N–H and O–H groups in total. The lowest BCUT2D eigenvalue weighted by molar-refractivity contribution is 0.0679. The first kappa shape index (κ1) is 23.8. The van der Waals surface area contributed by atoms with Crippen LogP contribution in [-0.4, -0.2) is 55.3 Å². The Morgan fingerprint density at radius 3 is 2.68 bits per heavy atom. The second kappa shape index (κ2) is 9.51. The van der Waals surface area contributed by atoms with Gasteiger partial charge in [-0.05, 0) is 56.4 Å². The SMILES string of the molecule is CCn1nc(C)cc1C(=O)O.NC[C@@H]1C[C@@H]2C[C@@H]2N1C(=O)c1nc(N)sc1-c1cccc(F)c1. The van der Waals surface area contributed by atoms with E-state index in [2.05, 4.69) is 10.1 Å². The van der Waals surface area contributed by atoms with Crippen molar-refractivity contribution in [2.75, 3.05) is 12.3 Å². The monoisotopic (exact) mass is 486 g/mol. The maximum Gasteiger partial charge on any atom is 0.354 e. The number of benzene rings is 1. The number of rotatable bonds is 5. The van der Waals surface area contributed by atoms with Gasteiger partial charge < -0.3 is 21.5 Å². The molecular weight excluding hydrogens is 459 g/mol. The van der Waals surface area contributed by atoms with E-state index in [1.807, 2.05) is 11.8 Å². The highest BCUT2D eigenvalue weighted by Crippen LogP contribution is 2.48. The molecule has 5 rings (SSSR count). The van der Waals surface area contributed by atoms with Gasteiger partial charge in [-0.3, -0.25) is 9.48 Å². The number of aromatic carboxylic acids is 1. The van der Waals surface area contributed by atoms with Gasteiger partial charge in [0.2, 0.25) is 0 Å². The summed E-state index contributed by atoms with van der Waals surface area (Å²) in [4.78, 5) is 30.2. The third-order valence-corrected chi connectivity index (χ3v) is 7.00. The van der Waals surface area contributed by atoms with Crippen LogP contribution in [0.15, 0.2) is 30.3 Å². The summed E-state index contributed by atoms with van der Waals surface area (Å²) in [6.45, 7) is 4.68. The fourth-order valence-electron chi connectivity index (χ4n) is 4.47. The maximum atomic E-state index is 13.5. The predicted octanol–water partition coefficient (Wildman–Crippen LogP) is 3.00. The first-order chi connectivity index (χ1) is 16.2. The van der Waals surface area contributed by atoms with Crippen LogP contribution in [0.3, 0.4) is 0 Å². The lowest BCUT2D eigenvalue weighted by Crippen LogP contribution is -2.42. The number of hydrogen-bond donors (Lipinski definition) is 3. The summed E-state index contributed by atoms with van der Waals surface area (Å²) in [5.74, 6) is -0.845. The molecular formula is C23H27FN6O3S. The number of aryl methyl sites for hydroxylation is 2. The Balaban J connectivity index is 0.000000210. The van der Waals surface area contributed by atoms with E-state index < -0.39 is 5.97 Å². The van der Waals surface area contributed by atoms with Gasteiger partial charge in [-0.15, -0.1) is 0 Å². The molecule has 3 heterocycles. The number of fused-ring (bicyclic) bond motifs is 1. The van der Waals surface area contributed by atoms with E-state index in [4.69, 9.17) is 16.6 Å². The molecule has 1 aliphatic heterocycles. The minimum Gasteiger partial charge on any atom is -0.477 e. The molecule has 0 unspecified atom stereocenters. The van der Waals surface area contributed by atoms with Gasteiger partial charge in [0.05, 0.1) is 10.6 Å². The van der Waals surface area contributed by atoms with E-state index in [1.54, 1.807) is 25.1 Å². The number of nitrogen functional groups attached to an aromatic ring is 1. The van der Waals surface area contributed by atoms with Crippen LogP contribution in [0, 0.1) is 18.7 Å². The van der Waals surface area contributed by atoms with Crippen molar-refractivity contribution < 1.29 is 19.1 Å². The molecule has 11 heteroatoms. The highest BCUT2D eigenvalue weighted by molar-refractivity contribution is 7.19. The number of nitrogens with zero attached hydrogens (tertiary/aromatic N) is 4. The van der Waals surface area contributed by atoms with Gasteiger partial charge in [0.25, 0.3) is 5.91 Å². The largest absolute Gasteiger partial charge is 0.477 e. The van der Waals surface area contributed by atoms with Crippen molar-refractivity contribution in [3.8, 4) is 10.4 Å². The number of thiazole rings is 1. The normalized spacial score (nSPS) is 20.5. The molecule has 1 aromatic carbocycles. The zero-order chi connectivity index (χ0) is 24.6. The number of hydrogen-bond acceptors (Lipinski definition) is 7. The van der Waals surface area contributed by atoms with Crippen molar-refractivity contribution in [3.63, 3.8) is 0 Å². The van der Waals surface area contributed by atoms with Gasteiger partial charge >= 0.3 is 5.97 Å². The Morgan fingerprint density at radius 1 is 1.29 bits per heavy atom. The van der Waals surface area contributed by atoms with Gasteiger partial charge in [0.15, 0.2) is 5.13 Å². The number of carboxylic acid groups (broad SMARTS) is 1. The minimum atomic E-state index is -0.924. The van der Waals surface area contributed by atoms with Crippen molar-refractivity contribution in [1.82, 2.24) is 19.7 Å². The van der Waals surface area contributed by atoms with Gasteiger partial charge in [0.1, 0.15) is 17.2 Å². The van der Waals surface area contributed by atoms with Crippen LogP contribution in [0.1, 0.15) is 46.4 Å². The van der Waals surface area contributed by atoms with Crippen LogP contribution in [0.4, 0.5) is 9.52 Å². The Morgan fingerprint density at radius 2 is 2.06 bits per heavy atom. The number of amides is 1. The van der Waals surface area contributed by atoms with E-state index in [-0.39, 0.29) is 29.5 Å². The van der Waals surface area contributed by atoms with Crippen LogP contribution < -0.4 is 11.5 Å². The van der Waals surface area contributed by atoms with Crippen molar-refractivity contribution in [2.45, 2.75) is 45.3 Å². The Bertz CT molecular complexity index is 1230. The number of carbonyl (C=O) groups is 2. The molecule has 3 atom stereocenters. The molecule has 1 amide bonds. The van der Waals surface area contributed by atoms with E-state index >= 15 is 0 Å². The molecule has 0 spiro atoms. The summed E-state index contributed by atoms with van der Waals surface area (Å²) in [5.41, 5.74) is 13.6. The van der Waals surface area contributed by atoms with Gasteiger partial charge in [-0.25, -0.2) is 14.2 Å². The Labute approximate surface area is 200 Å². The maximum absolute atomic E-state index is 13.5. The third-order valence-electron chi connectivity index (χ3n) is 6.07. The molecule has 34 heavy (non-hydrogen) atoms. The Kier molecular flexibility index (Phi) is 6.67. The van der Waals surface area contributed by atoms with E-state index in [0.717, 1.165) is 18.5 Å². The fourth-order valence-corrected chi connectivity index (χ4v) is 5.29. The number of piperidine rings is 1.